The summed E-state index contributed by atoms with van der Waals surface area (Å²) in [5.41, 5.74) is 0. The quantitative estimate of drug-likeness (QED) is 0.0211. The fraction of sp³-hybridized carbons (Fsp3) is 0.679. The Bertz CT molecular complexity index is 2050. The summed E-state index contributed by atoms with van der Waals surface area (Å²) in [6.07, 6.45) is 104. The summed E-state index contributed by atoms with van der Waals surface area (Å²) in [5, 5.41) is 0. The van der Waals surface area contributed by atoms with Gasteiger partial charge >= 0.3 is 19.8 Å². The van der Waals surface area contributed by atoms with E-state index in [1.807, 2.05) is 21.1 Å². The predicted molar refractivity (Wildman–Crippen MR) is 394 cm³/mol. The van der Waals surface area contributed by atoms with Crippen LogP contribution in [0.4, 0.5) is 0 Å². The lowest BCUT2D eigenvalue weighted by atomic mass is 10.0. The first kappa shape index (κ1) is 86.9. The van der Waals surface area contributed by atoms with Crippen LogP contribution >= 0.6 is 7.82 Å². The molecule has 0 heterocycles. The highest BCUT2D eigenvalue weighted by molar-refractivity contribution is 7.47. The molecule has 0 aromatic carbocycles. The normalized spacial score (nSPS) is 14.0. The molecule has 0 saturated heterocycles. The molecule has 91 heavy (non-hydrogen) atoms. The van der Waals surface area contributed by atoms with Crippen molar-refractivity contribution in [3.63, 3.8) is 0 Å². The third kappa shape index (κ3) is 74.8. The van der Waals surface area contributed by atoms with Gasteiger partial charge in [0.15, 0.2) is 6.10 Å². The van der Waals surface area contributed by atoms with Gasteiger partial charge in [-0.1, -0.05) is 333 Å². The minimum absolute atomic E-state index is 0.0171. The monoisotopic (exact) mass is 1290 g/mol. The number of hydrogen-bond acceptors (Lipinski definition) is 7. The van der Waals surface area contributed by atoms with Crippen molar-refractivity contribution in [2.75, 3.05) is 47.5 Å². The van der Waals surface area contributed by atoms with Gasteiger partial charge in [0.2, 0.25) is 0 Å². The summed E-state index contributed by atoms with van der Waals surface area (Å²) in [6.45, 7) is 4.29. The van der Waals surface area contributed by atoms with Gasteiger partial charge in [-0.2, -0.15) is 0 Å². The molecule has 520 valence electrons. The Hall–Kier alpha value is -4.11. The second-order valence-electron chi connectivity index (χ2n) is 25.6. The molecule has 0 fully saturated rings. The van der Waals surface area contributed by atoms with Crippen molar-refractivity contribution in [2.45, 2.75) is 309 Å². The van der Waals surface area contributed by atoms with E-state index in [1.54, 1.807) is 0 Å². The van der Waals surface area contributed by atoms with Gasteiger partial charge in [0.05, 0.1) is 27.7 Å². The third-order valence-corrected chi connectivity index (χ3v) is 16.6. The van der Waals surface area contributed by atoms with Crippen molar-refractivity contribution in [2.24, 2.45) is 0 Å². The van der Waals surface area contributed by atoms with Crippen LogP contribution in [0.5, 0.6) is 0 Å². The van der Waals surface area contributed by atoms with Crippen molar-refractivity contribution < 1.29 is 42.1 Å². The number of nitrogens with zero attached hydrogens (tertiary/aromatic N) is 1. The number of allylic oxidation sites excluding steroid dienone is 24. The number of likely N-dealkylation sites (N-methyl/N-ethyl adjacent to an activating group) is 1. The van der Waals surface area contributed by atoms with E-state index in [-0.39, 0.29) is 32.0 Å². The van der Waals surface area contributed by atoms with Gasteiger partial charge in [0, 0.05) is 12.8 Å². The number of hydrogen-bond donors (Lipinski definition) is 1. The summed E-state index contributed by atoms with van der Waals surface area (Å²) in [6, 6.07) is 0. The van der Waals surface area contributed by atoms with E-state index in [1.165, 1.54) is 161 Å². The zero-order chi connectivity index (χ0) is 66.2. The highest BCUT2D eigenvalue weighted by Crippen LogP contribution is 2.43. The highest BCUT2D eigenvalue weighted by Gasteiger charge is 2.27. The van der Waals surface area contributed by atoms with Crippen LogP contribution in [-0.2, 0) is 32.7 Å². The fourth-order valence-corrected chi connectivity index (χ4v) is 10.7. The van der Waals surface area contributed by atoms with E-state index in [4.69, 9.17) is 18.5 Å². The maximum Gasteiger partial charge on any atom is 0.472 e. The maximum absolute atomic E-state index is 12.9. The Morgan fingerprint density at radius 1 is 0.352 bits per heavy atom. The standard InChI is InChI=1S/C81H138NO8P/c1-6-8-10-12-14-16-18-20-22-24-26-28-30-32-34-36-37-38-39-40-41-42-43-44-45-46-48-50-52-54-56-58-60-62-64-66-68-70-72-74-81(84)90-79(78-89-91(85,86)88-76-75-82(3,4)5)77-87-80(83)73-71-69-67-65-63-61-59-57-55-53-51-49-47-35-33-31-29-27-25-23-21-19-17-15-13-11-9-7-2/h8,10,14,16,20,22,26,28,32,34,37-38,40-41,43-44,46,48,52,54,58,60,64,66,79H,6-7,9,11-13,15,17-19,21,23-25,27,29-31,33,35-36,39,42,45,47,49-51,53,55-57,59,61-63,65,67-78H2,1-5H3/p+1/b10-8-,16-14-,22-20-,28-26-,34-32-,38-37-,41-40-,44-43-,48-46-,54-52-,60-58-,66-64-. The average molecular weight is 1290 g/mol. The first-order valence-electron chi connectivity index (χ1n) is 37.1. The minimum atomic E-state index is -4.41. The molecule has 0 aromatic heterocycles. The lowest BCUT2D eigenvalue weighted by Gasteiger charge is -2.24. The van der Waals surface area contributed by atoms with Crippen LogP contribution in [0.15, 0.2) is 146 Å². The zero-order valence-corrected chi connectivity index (χ0v) is 60.2. The maximum atomic E-state index is 12.9. The molecule has 10 heteroatoms. The second kappa shape index (κ2) is 70.2. The predicted octanol–water partition coefficient (Wildman–Crippen LogP) is 24.5. The first-order valence-corrected chi connectivity index (χ1v) is 38.6. The van der Waals surface area contributed by atoms with Gasteiger partial charge in [-0.3, -0.25) is 18.6 Å². The largest absolute Gasteiger partial charge is 0.472 e. The van der Waals surface area contributed by atoms with E-state index in [9.17, 15) is 19.0 Å². The zero-order valence-electron chi connectivity index (χ0n) is 59.3. The van der Waals surface area contributed by atoms with Gasteiger partial charge in [0.1, 0.15) is 19.8 Å². The molecular formula is C81H139NO8P+. The molecule has 0 aliphatic rings. The number of ether oxygens (including phenoxy) is 2. The molecule has 2 atom stereocenters. The molecule has 9 nitrogen and oxygen atoms in total. The Morgan fingerprint density at radius 3 is 0.934 bits per heavy atom. The molecule has 0 rings (SSSR count). The molecule has 0 aliphatic heterocycles. The first-order chi connectivity index (χ1) is 44.5. The van der Waals surface area contributed by atoms with Crippen molar-refractivity contribution in [1.82, 2.24) is 0 Å². The molecule has 0 bridgehead atoms. The minimum Gasteiger partial charge on any atom is -0.462 e. The average Bonchev–Trinajstić information content (AvgIpc) is 3.30. The molecule has 0 amide bonds. The van der Waals surface area contributed by atoms with Crippen molar-refractivity contribution >= 4 is 19.8 Å². The fourth-order valence-electron chi connectivity index (χ4n) is 10.00. The van der Waals surface area contributed by atoms with E-state index < -0.39 is 26.5 Å². The Morgan fingerprint density at radius 2 is 0.626 bits per heavy atom. The van der Waals surface area contributed by atoms with Gasteiger partial charge in [0.25, 0.3) is 0 Å². The third-order valence-electron chi connectivity index (χ3n) is 15.6. The van der Waals surface area contributed by atoms with Crippen LogP contribution in [0.3, 0.4) is 0 Å². The summed E-state index contributed by atoms with van der Waals surface area (Å²) < 4.78 is 34.7. The Balaban J connectivity index is 4.16. The molecular weight excluding hydrogens is 1150 g/mol. The van der Waals surface area contributed by atoms with Crippen molar-refractivity contribution in [1.29, 1.82) is 0 Å². The SMILES string of the molecule is CC/C=C\C/C=C\C/C=C\C/C=C\C/C=C\C/C=C\C/C=C\C/C=C\C/C=C\C/C=C\C/C=C\C/C=C\CCCCC(=O)OC(COC(=O)CCCCCCCCCCCCCCCCCCCCCCCCCCCCCC)COP(=O)(O)OCC[N+](C)(C)C. The lowest BCUT2D eigenvalue weighted by Crippen LogP contribution is -2.37. The van der Waals surface area contributed by atoms with Crippen LogP contribution in [0.2, 0.25) is 0 Å². The van der Waals surface area contributed by atoms with Crippen LogP contribution in [0, 0.1) is 0 Å². The van der Waals surface area contributed by atoms with Crippen molar-refractivity contribution in [3.8, 4) is 0 Å². The second-order valence-corrected chi connectivity index (χ2v) is 27.1. The molecule has 1 N–H and O–H groups in total. The number of esters is 2. The highest BCUT2D eigenvalue weighted by atomic mass is 31.2. The number of quaternary nitrogens is 1. The number of rotatable bonds is 67. The van der Waals surface area contributed by atoms with E-state index >= 15 is 0 Å². The lowest BCUT2D eigenvalue weighted by molar-refractivity contribution is -0.870. The molecule has 0 aliphatic carbocycles. The van der Waals surface area contributed by atoms with Crippen LogP contribution in [0.1, 0.15) is 303 Å². The molecule has 2 unspecified atom stereocenters. The number of carbonyl (C=O) groups is 2. The molecule has 0 radical (unpaired) electrons. The smallest absolute Gasteiger partial charge is 0.462 e. The van der Waals surface area contributed by atoms with Crippen LogP contribution in [-0.4, -0.2) is 74.9 Å². The molecule has 0 saturated carbocycles. The molecule has 0 aromatic rings. The van der Waals surface area contributed by atoms with Crippen LogP contribution < -0.4 is 0 Å². The van der Waals surface area contributed by atoms with Gasteiger partial charge in [-0.15, -0.1) is 0 Å². The van der Waals surface area contributed by atoms with Crippen LogP contribution in [0.25, 0.3) is 0 Å². The Kier molecular flexibility index (Phi) is 67.0. The number of phosphoric ester groups is 1. The number of unbranched alkanes of at least 4 members (excludes halogenated alkanes) is 29. The molecule has 0 spiro atoms. The number of phosphoric acid groups is 1. The summed E-state index contributed by atoms with van der Waals surface area (Å²) in [5.74, 6) is -0.847. The summed E-state index contributed by atoms with van der Waals surface area (Å²) in [4.78, 5) is 35.9. The van der Waals surface area contributed by atoms with E-state index in [0.29, 0.717) is 17.4 Å². The van der Waals surface area contributed by atoms with Gasteiger partial charge in [-0.05, 0) is 103 Å². The van der Waals surface area contributed by atoms with Gasteiger partial charge < -0.3 is 18.9 Å². The van der Waals surface area contributed by atoms with E-state index in [0.717, 1.165) is 109 Å². The number of carbonyl (C=O) groups excluding carboxylic acids is 2. The van der Waals surface area contributed by atoms with Crippen molar-refractivity contribution in [3.05, 3.63) is 146 Å². The topological polar surface area (TPSA) is 108 Å². The summed E-state index contributed by atoms with van der Waals surface area (Å²) in [7, 11) is 1.44. The van der Waals surface area contributed by atoms with Gasteiger partial charge in [-0.25, -0.2) is 4.57 Å². The summed E-state index contributed by atoms with van der Waals surface area (Å²) >= 11 is 0. The Labute approximate surface area is 561 Å². The van der Waals surface area contributed by atoms with E-state index in [2.05, 4.69) is 160 Å².